The second-order valence-electron chi connectivity index (χ2n) is 3.61. The number of aromatic nitrogens is 5. The third-order valence-corrected chi connectivity index (χ3v) is 2.44. The molecule has 0 saturated heterocycles. The van der Waals surface area contributed by atoms with E-state index in [-0.39, 0.29) is 17.3 Å². The molecule has 94 valence electrons. The van der Waals surface area contributed by atoms with E-state index in [0.29, 0.717) is 11.4 Å². The Bertz CT molecular complexity index is 720. The van der Waals surface area contributed by atoms with Crippen LogP contribution >= 0.6 is 0 Å². The van der Waals surface area contributed by atoms with Crippen LogP contribution in [0.25, 0.3) is 23.1 Å². The summed E-state index contributed by atoms with van der Waals surface area (Å²) in [4.78, 5) is 19.1. The topological polar surface area (TPSA) is 118 Å². The van der Waals surface area contributed by atoms with Crippen molar-refractivity contribution in [2.75, 3.05) is 0 Å². The van der Waals surface area contributed by atoms with Gasteiger partial charge >= 0.3 is 5.97 Å². The van der Waals surface area contributed by atoms with Crippen molar-refractivity contribution in [3.63, 3.8) is 0 Å². The van der Waals surface area contributed by atoms with Crippen molar-refractivity contribution < 1.29 is 14.4 Å². The highest BCUT2D eigenvalue weighted by molar-refractivity contribution is 5.94. The Kier molecular flexibility index (Phi) is 2.53. The minimum absolute atomic E-state index is 0.0928. The van der Waals surface area contributed by atoms with Gasteiger partial charge in [0.25, 0.3) is 5.89 Å². The van der Waals surface area contributed by atoms with Crippen molar-refractivity contribution in [2.24, 2.45) is 0 Å². The Hall–Kier alpha value is -3.03. The van der Waals surface area contributed by atoms with Gasteiger partial charge in [-0.2, -0.15) is 10.1 Å². The fourth-order valence-corrected chi connectivity index (χ4v) is 1.60. The van der Waals surface area contributed by atoms with Crippen LogP contribution < -0.4 is 0 Å². The van der Waals surface area contributed by atoms with Crippen LogP contribution in [0.1, 0.15) is 10.4 Å². The number of carboxylic acid groups (broad SMARTS) is 1. The third-order valence-electron chi connectivity index (χ3n) is 2.44. The van der Waals surface area contributed by atoms with Crippen LogP contribution in [0.3, 0.4) is 0 Å². The molecule has 2 N–H and O–H groups in total. The van der Waals surface area contributed by atoms with Crippen molar-refractivity contribution in [1.82, 2.24) is 25.3 Å². The summed E-state index contributed by atoms with van der Waals surface area (Å²) >= 11 is 0. The van der Waals surface area contributed by atoms with Crippen molar-refractivity contribution >= 4 is 5.97 Å². The number of carboxylic acids is 1. The Labute approximate surface area is 106 Å². The van der Waals surface area contributed by atoms with Crippen LogP contribution in [0, 0.1) is 0 Å². The molecule has 2 aromatic heterocycles. The maximum absolute atomic E-state index is 11.1. The average molecular weight is 257 g/mol. The number of aromatic carboxylic acids is 1. The van der Waals surface area contributed by atoms with E-state index >= 15 is 0 Å². The number of carbonyl (C=O) groups is 1. The van der Waals surface area contributed by atoms with Crippen molar-refractivity contribution in [3.8, 4) is 23.1 Å². The third kappa shape index (κ3) is 1.95. The molecule has 0 atom stereocenters. The molecule has 0 radical (unpaired) electrons. The van der Waals surface area contributed by atoms with E-state index in [0.717, 1.165) is 0 Å². The van der Waals surface area contributed by atoms with Crippen molar-refractivity contribution in [2.45, 2.75) is 0 Å². The minimum Gasteiger partial charge on any atom is -0.478 e. The number of benzene rings is 1. The first-order valence-corrected chi connectivity index (χ1v) is 5.28. The lowest BCUT2D eigenvalue weighted by Gasteiger charge is -1.99. The maximum Gasteiger partial charge on any atom is 0.336 e. The van der Waals surface area contributed by atoms with Gasteiger partial charge in [-0.05, 0) is 12.1 Å². The molecule has 1 aromatic carbocycles. The fraction of sp³-hybridized carbons (Fsp3) is 0. The van der Waals surface area contributed by atoms with Crippen LogP contribution in [0.15, 0.2) is 35.1 Å². The summed E-state index contributed by atoms with van der Waals surface area (Å²) in [6.45, 7) is 0. The first-order chi connectivity index (χ1) is 9.25. The predicted octanol–water partition coefficient (Wildman–Crippen LogP) is 1.22. The van der Waals surface area contributed by atoms with Gasteiger partial charge in [0.1, 0.15) is 6.33 Å². The number of hydrogen-bond acceptors (Lipinski definition) is 6. The summed E-state index contributed by atoms with van der Waals surface area (Å²) in [5, 5.41) is 19.1. The van der Waals surface area contributed by atoms with Gasteiger partial charge in [-0.25, -0.2) is 9.78 Å². The minimum atomic E-state index is -1.06. The molecule has 8 heteroatoms. The molecule has 0 amide bonds. The SMILES string of the molecule is O=C(O)c1ccccc1-c1nc(-c2ncn[nH]2)no1. The zero-order valence-electron chi connectivity index (χ0n) is 9.44. The van der Waals surface area contributed by atoms with Gasteiger partial charge in [-0.3, -0.25) is 5.10 Å². The highest BCUT2D eigenvalue weighted by atomic mass is 16.5. The Morgan fingerprint density at radius 3 is 2.89 bits per heavy atom. The summed E-state index contributed by atoms with van der Waals surface area (Å²) in [7, 11) is 0. The van der Waals surface area contributed by atoms with Gasteiger partial charge in [-0.15, -0.1) is 0 Å². The van der Waals surface area contributed by atoms with Gasteiger partial charge < -0.3 is 9.63 Å². The molecule has 3 aromatic rings. The molecule has 8 nitrogen and oxygen atoms in total. The molecule has 0 fully saturated rings. The van der Waals surface area contributed by atoms with Gasteiger partial charge in [-0.1, -0.05) is 17.3 Å². The number of aromatic amines is 1. The largest absolute Gasteiger partial charge is 0.478 e. The molecule has 0 unspecified atom stereocenters. The molecule has 0 spiro atoms. The number of nitrogens with one attached hydrogen (secondary N) is 1. The van der Waals surface area contributed by atoms with E-state index < -0.39 is 5.97 Å². The van der Waals surface area contributed by atoms with Crippen LogP contribution in [0.2, 0.25) is 0 Å². The molecular formula is C11H7N5O3. The molecule has 0 aliphatic rings. The Morgan fingerprint density at radius 2 is 2.16 bits per heavy atom. The lowest BCUT2D eigenvalue weighted by atomic mass is 10.1. The number of hydrogen-bond donors (Lipinski definition) is 2. The van der Waals surface area contributed by atoms with Gasteiger partial charge in [0.2, 0.25) is 5.82 Å². The average Bonchev–Trinajstić information content (AvgIpc) is 3.09. The Morgan fingerprint density at radius 1 is 1.32 bits per heavy atom. The maximum atomic E-state index is 11.1. The van der Waals surface area contributed by atoms with Gasteiger partial charge in [0.05, 0.1) is 11.1 Å². The lowest BCUT2D eigenvalue weighted by Crippen LogP contribution is -1.99. The van der Waals surface area contributed by atoms with Gasteiger partial charge in [0, 0.05) is 0 Å². The summed E-state index contributed by atoms with van der Waals surface area (Å²) in [6.07, 6.45) is 1.32. The summed E-state index contributed by atoms with van der Waals surface area (Å²) in [5.41, 5.74) is 0.448. The molecule has 0 saturated carbocycles. The zero-order valence-corrected chi connectivity index (χ0v) is 9.44. The van der Waals surface area contributed by atoms with E-state index in [4.69, 9.17) is 9.63 Å². The predicted molar refractivity (Wildman–Crippen MR) is 62.1 cm³/mol. The monoisotopic (exact) mass is 257 g/mol. The molecule has 3 rings (SSSR count). The van der Waals surface area contributed by atoms with Crippen LogP contribution in [0.4, 0.5) is 0 Å². The molecular weight excluding hydrogens is 250 g/mol. The molecule has 2 heterocycles. The van der Waals surface area contributed by atoms with Crippen molar-refractivity contribution in [3.05, 3.63) is 36.2 Å². The first-order valence-electron chi connectivity index (χ1n) is 5.28. The number of nitrogens with zero attached hydrogens (tertiary/aromatic N) is 4. The molecule has 0 aliphatic carbocycles. The van der Waals surface area contributed by atoms with Crippen LogP contribution in [-0.2, 0) is 0 Å². The normalized spacial score (nSPS) is 10.5. The first kappa shape index (κ1) is 11.1. The summed E-state index contributed by atoms with van der Waals surface area (Å²) < 4.78 is 5.05. The van der Waals surface area contributed by atoms with Crippen LogP contribution in [-0.4, -0.2) is 36.4 Å². The smallest absolute Gasteiger partial charge is 0.336 e. The quantitative estimate of drug-likeness (QED) is 0.724. The standard InChI is InChI=1S/C11H7N5O3/c17-11(18)7-4-2-1-3-6(7)10-14-9(16-19-10)8-12-5-13-15-8/h1-5H,(H,17,18)(H,12,13,15). The highest BCUT2D eigenvalue weighted by Gasteiger charge is 2.18. The van der Waals surface area contributed by atoms with E-state index in [2.05, 4.69) is 25.3 Å². The van der Waals surface area contributed by atoms with E-state index in [9.17, 15) is 4.79 Å². The molecule has 19 heavy (non-hydrogen) atoms. The van der Waals surface area contributed by atoms with E-state index in [1.807, 2.05) is 0 Å². The Balaban J connectivity index is 2.06. The summed E-state index contributed by atoms with van der Waals surface area (Å²) in [5.74, 6) is -0.380. The van der Waals surface area contributed by atoms with Crippen molar-refractivity contribution in [1.29, 1.82) is 0 Å². The molecule has 0 bridgehead atoms. The highest BCUT2D eigenvalue weighted by Crippen LogP contribution is 2.23. The van der Waals surface area contributed by atoms with Gasteiger partial charge in [0.15, 0.2) is 5.82 Å². The zero-order chi connectivity index (χ0) is 13.2. The van der Waals surface area contributed by atoms with E-state index in [1.165, 1.54) is 12.4 Å². The second kappa shape index (κ2) is 4.33. The lowest BCUT2D eigenvalue weighted by molar-refractivity contribution is 0.0697. The number of H-pyrrole nitrogens is 1. The van der Waals surface area contributed by atoms with E-state index in [1.54, 1.807) is 18.2 Å². The fourth-order valence-electron chi connectivity index (χ4n) is 1.60. The molecule has 0 aliphatic heterocycles. The van der Waals surface area contributed by atoms with Crippen LogP contribution in [0.5, 0.6) is 0 Å². The summed E-state index contributed by atoms with van der Waals surface area (Å²) in [6, 6.07) is 6.39. The second-order valence-corrected chi connectivity index (χ2v) is 3.61. The number of rotatable bonds is 3.